The highest BCUT2D eigenvalue weighted by Gasteiger charge is 2.37. The molecule has 1 aliphatic heterocycles. The Bertz CT molecular complexity index is 1310. The Morgan fingerprint density at radius 3 is 2.50 bits per heavy atom. The van der Waals surface area contributed by atoms with E-state index in [9.17, 15) is 22.8 Å². The fourth-order valence-corrected chi connectivity index (χ4v) is 6.87. The molecule has 38 heavy (non-hydrogen) atoms. The molecule has 0 radical (unpaired) electrons. The zero-order chi connectivity index (χ0) is 27.6. The lowest BCUT2D eigenvalue weighted by atomic mass is 9.81. The SMILES string of the molecule is CN1CCc2nc(C(=O)NC3C[C@@H](C(=O)N(C)C)CCC3NC(=O)NS(=O)(=O)c3ccc(Cl)cc3)sc2C1. The summed E-state index contributed by atoms with van der Waals surface area (Å²) in [7, 11) is 1.23. The Morgan fingerprint density at radius 1 is 1.11 bits per heavy atom. The number of carbonyl (C=O) groups is 3. The number of likely N-dealkylation sites (N-methyl/N-ethyl adjacent to an activating group) is 1. The molecule has 4 rings (SSSR count). The quantitative estimate of drug-likeness (QED) is 0.472. The van der Waals surface area contributed by atoms with Gasteiger partial charge in [0.25, 0.3) is 15.9 Å². The lowest BCUT2D eigenvalue weighted by Gasteiger charge is -2.37. The Labute approximate surface area is 231 Å². The van der Waals surface area contributed by atoms with Gasteiger partial charge in [-0.15, -0.1) is 11.3 Å². The maximum atomic E-state index is 13.2. The van der Waals surface area contributed by atoms with E-state index in [0.29, 0.717) is 29.3 Å². The topological polar surface area (TPSA) is 141 Å². The van der Waals surface area contributed by atoms with Crippen LogP contribution in [0.3, 0.4) is 0 Å². The summed E-state index contributed by atoms with van der Waals surface area (Å²) in [6.45, 7) is 1.60. The van der Waals surface area contributed by atoms with E-state index in [0.717, 1.165) is 30.1 Å². The number of carbonyl (C=O) groups excluding carboxylic acids is 3. The normalized spacial score (nSPS) is 21.7. The van der Waals surface area contributed by atoms with E-state index in [1.54, 1.807) is 14.1 Å². The first-order valence-electron chi connectivity index (χ1n) is 12.2. The zero-order valence-corrected chi connectivity index (χ0v) is 23.8. The second-order valence-corrected chi connectivity index (χ2v) is 13.0. The van der Waals surface area contributed by atoms with Crippen molar-refractivity contribution in [1.29, 1.82) is 0 Å². The molecule has 1 saturated carbocycles. The van der Waals surface area contributed by atoms with E-state index in [4.69, 9.17) is 11.6 Å². The number of aromatic nitrogens is 1. The molecule has 1 aromatic heterocycles. The number of thiazole rings is 1. The van der Waals surface area contributed by atoms with Gasteiger partial charge in [0.15, 0.2) is 5.01 Å². The first-order chi connectivity index (χ1) is 17.9. The van der Waals surface area contributed by atoms with E-state index in [2.05, 4.69) is 20.5 Å². The minimum Gasteiger partial charge on any atom is -0.349 e. The van der Waals surface area contributed by atoms with E-state index >= 15 is 0 Å². The van der Waals surface area contributed by atoms with Gasteiger partial charge in [-0.3, -0.25) is 9.59 Å². The molecule has 3 atom stereocenters. The molecule has 0 spiro atoms. The average molecular weight is 583 g/mol. The minimum atomic E-state index is -4.13. The van der Waals surface area contributed by atoms with Gasteiger partial charge in [0.05, 0.1) is 22.7 Å². The summed E-state index contributed by atoms with van der Waals surface area (Å²) in [5.41, 5.74) is 0.920. The molecule has 0 saturated heterocycles. The van der Waals surface area contributed by atoms with Gasteiger partial charge < -0.3 is 20.4 Å². The number of nitrogens with zero attached hydrogens (tertiary/aromatic N) is 3. The predicted molar refractivity (Wildman–Crippen MR) is 144 cm³/mol. The number of benzene rings is 1. The number of hydrogen-bond acceptors (Lipinski definition) is 8. The van der Waals surface area contributed by atoms with Crippen LogP contribution in [-0.2, 0) is 27.8 Å². The van der Waals surface area contributed by atoms with Crippen molar-refractivity contribution in [1.82, 2.24) is 30.1 Å². The molecule has 11 nitrogen and oxygen atoms in total. The van der Waals surface area contributed by atoms with Crippen molar-refractivity contribution >= 4 is 50.8 Å². The van der Waals surface area contributed by atoms with Gasteiger partial charge in [0, 0.05) is 49.4 Å². The van der Waals surface area contributed by atoms with Crippen LogP contribution in [0.4, 0.5) is 4.79 Å². The van der Waals surface area contributed by atoms with Gasteiger partial charge in [-0.2, -0.15) is 0 Å². The summed E-state index contributed by atoms with van der Waals surface area (Å²) in [6.07, 6.45) is 1.93. The number of urea groups is 1. The summed E-state index contributed by atoms with van der Waals surface area (Å²) in [6, 6.07) is 3.31. The van der Waals surface area contributed by atoms with E-state index in [1.165, 1.54) is 40.5 Å². The highest BCUT2D eigenvalue weighted by atomic mass is 35.5. The van der Waals surface area contributed by atoms with Crippen LogP contribution in [0.15, 0.2) is 29.2 Å². The van der Waals surface area contributed by atoms with Crippen LogP contribution in [-0.4, -0.2) is 80.8 Å². The van der Waals surface area contributed by atoms with Gasteiger partial charge in [-0.25, -0.2) is 22.9 Å². The number of sulfonamides is 1. The molecule has 14 heteroatoms. The summed E-state index contributed by atoms with van der Waals surface area (Å²) >= 11 is 7.17. The third-order valence-corrected chi connectivity index (χ3v) is 9.42. The molecule has 2 heterocycles. The average Bonchev–Trinajstić information content (AvgIpc) is 3.28. The fourth-order valence-electron chi connectivity index (χ4n) is 4.74. The number of amides is 4. The molecule has 1 fully saturated rings. The molecule has 3 N–H and O–H groups in total. The number of rotatable bonds is 6. The van der Waals surface area contributed by atoms with E-state index in [1.807, 2.05) is 11.8 Å². The molecule has 4 amide bonds. The largest absolute Gasteiger partial charge is 0.349 e. The Morgan fingerprint density at radius 2 is 1.82 bits per heavy atom. The van der Waals surface area contributed by atoms with Crippen molar-refractivity contribution in [3.8, 4) is 0 Å². The van der Waals surface area contributed by atoms with Gasteiger partial charge in [0.2, 0.25) is 5.91 Å². The molecule has 1 aromatic carbocycles. The van der Waals surface area contributed by atoms with E-state index < -0.39 is 28.1 Å². The number of hydrogen-bond donors (Lipinski definition) is 3. The molecule has 206 valence electrons. The number of fused-ring (bicyclic) bond motifs is 1. The highest BCUT2D eigenvalue weighted by molar-refractivity contribution is 7.90. The fraction of sp³-hybridized carbons (Fsp3) is 0.500. The summed E-state index contributed by atoms with van der Waals surface area (Å²) in [4.78, 5) is 47.7. The van der Waals surface area contributed by atoms with E-state index in [-0.39, 0.29) is 22.6 Å². The van der Waals surface area contributed by atoms with Crippen molar-refractivity contribution in [2.45, 2.75) is 49.2 Å². The first kappa shape index (κ1) is 28.3. The molecule has 2 unspecified atom stereocenters. The standard InChI is InChI=1S/C24H31ClN6O5S2/c1-30(2)23(33)14-4-9-17(28-24(34)29-38(35,36)16-7-5-15(25)6-8-16)19(12-14)26-21(32)22-27-18-10-11-31(3)13-20(18)37-22/h5-8,14,17,19H,4,9-13H2,1-3H3,(H,26,32)(H2,28,29,34)/t14-,17?,19?/m0/s1. The van der Waals surface area contributed by atoms with Crippen molar-refractivity contribution in [3.05, 3.63) is 44.9 Å². The maximum absolute atomic E-state index is 13.2. The van der Waals surface area contributed by atoms with Crippen LogP contribution in [0.25, 0.3) is 0 Å². The Kier molecular flexibility index (Phi) is 8.60. The van der Waals surface area contributed by atoms with Crippen LogP contribution in [0.1, 0.15) is 39.6 Å². The van der Waals surface area contributed by atoms with Gasteiger partial charge in [-0.05, 0) is 50.6 Å². The molecule has 2 aliphatic rings. The van der Waals surface area contributed by atoms with Crippen LogP contribution in [0.5, 0.6) is 0 Å². The second kappa shape index (κ2) is 11.6. The van der Waals surface area contributed by atoms with Gasteiger partial charge >= 0.3 is 6.03 Å². The lowest BCUT2D eigenvalue weighted by Crippen LogP contribution is -2.57. The molecular formula is C24H31ClN6O5S2. The summed E-state index contributed by atoms with van der Waals surface area (Å²) in [5, 5.41) is 6.34. The second-order valence-electron chi connectivity index (χ2n) is 9.84. The van der Waals surface area contributed by atoms with Crippen LogP contribution in [0, 0.1) is 5.92 Å². The third-order valence-electron chi connectivity index (χ3n) is 6.74. The monoisotopic (exact) mass is 582 g/mol. The van der Waals surface area contributed by atoms with Crippen LogP contribution in [0.2, 0.25) is 5.02 Å². The molecule has 0 bridgehead atoms. The first-order valence-corrected chi connectivity index (χ1v) is 14.9. The Hall–Kier alpha value is -2.74. The summed E-state index contributed by atoms with van der Waals surface area (Å²) in [5.74, 6) is -0.784. The van der Waals surface area contributed by atoms with Crippen molar-refractivity contribution < 1.29 is 22.8 Å². The highest BCUT2D eigenvalue weighted by Crippen LogP contribution is 2.28. The Balaban J connectivity index is 1.48. The minimum absolute atomic E-state index is 0.0646. The predicted octanol–water partition coefficient (Wildman–Crippen LogP) is 1.83. The summed E-state index contributed by atoms with van der Waals surface area (Å²) < 4.78 is 27.3. The van der Waals surface area contributed by atoms with Crippen LogP contribution >= 0.6 is 22.9 Å². The molecule has 1 aliphatic carbocycles. The van der Waals surface area contributed by atoms with Crippen molar-refractivity contribution in [2.75, 3.05) is 27.7 Å². The maximum Gasteiger partial charge on any atom is 0.328 e. The molecule has 2 aromatic rings. The smallest absolute Gasteiger partial charge is 0.328 e. The zero-order valence-electron chi connectivity index (χ0n) is 21.4. The van der Waals surface area contributed by atoms with Crippen molar-refractivity contribution in [2.24, 2.45) is 5.92 Å². The van der Waals surface area contributed by atoms with Crippen molar-refractivity contribution in [3.63, 3.8) is 0 Å². The number of halogens is 1. The molecular weight excluding hydrogens is 552 g/mol. The third kappa shape index (κ3) is 6.63. The van der Waals surface area contributed by atoms with Gasteiger partial charge in [0.1, 0.15) is 0 Å². The van der Waals surface area contributed by atoms with Crippen LogP contribution < -0.4 is 15.4 Å². The van der Waals surface area contributed by atoms with Gasteiger partial charge in [-0.1, -0.05) is 11.6 Å². The number of nitrogens with one attached hydrogen (secondary N) is 3. The lowest BCUT2D eigenvalue weighted by molar-refractivity contribution is -0.134.